The van der Waals surface area contributed by atoms with Crippen LogP contribution >= 0.6 is 0 Å². The van der Waals surface area contributed by atoms with Crippen LogP contribution in [0.15, 0.2) is 4.99 Å². The summed E-state index contributed by atoms with van der Waals surface area (Å²) in [6, 6.07) is 1.40. The van der Waals surface area contributed by atoms with E-state index >= 15 is 0 Å². The SMILES string of the molecule is C.C.CCC1CC(CC)[NH2+]C=N1. The highest BCUT2D eigenvalue weighted by Gasteiger charge is 2.18. The number of hydrogen-bond donors (Lipinski definition) is 1. The molecule has 0 amide bonds. The van der Waals surface area contributed by atoms with E-state index in [1.807, 2.05) is 6.34 Å². The van der Waals surface area contributed by atoms with Crippen molar-refractivity contribution in [2.75, 3.05) is 0 Å². The van der Waals surface area contributed by atoms with Crippen molar-refractivity contribution in [3.05, 3.63) is 0 Å². The molecule has 1 rings (SSSR count). The summed E-state index contributed by atoms with van der Waals surface area (Å²) in [6.07, 6.45) is 5.72. The largest absolute Gasteiger partial charge is 0.302 e. The van der Waals surface area contributed by atoms with Crippen LogP contribution in [0.5, 0.6) is 0 Å². The zero-order chi connectivity index (χ0) is 7.40. The average molecular weight is 173 g/mol. The first kappa shape index (κ1) is 14.2. The summed E-state index contributed by atoms with van der Waals surface area (Å²) >= 11 is 0. The Hall–Kier alpha value is -0.370. The van der Waals surface area contributed by atoms with Gasteiger partial charge in [0.15, 0.2) is 6.34 Å². The minimum Gasteiger partial charge on any atom is -0.302 e. The normalized spacial score (nSPS) is 27.2. The Morgan fingerprint density at radius 2 is 2.00 bits per heavy atom. The summed E-state index contributed by atoms with van der Waals surface area (Å²) in [4.78, 5) is 4.37. The number of rotatable bonds is 2. The standard InChI is InChI=1S/C8H16N2.2CH4/c1-3-7-5-8(4-2)10-6-9-7;;/h6-8H,3-5H2,1-2H3,(H,9,10);2*1H4/p+1. The van der Waals surface area contributed by atoms with Crippen molar-refractivity contribution in [3.63, 3.8) is 0 Å². The summed E-state index contributed by atoms with van der Waals surface area (Å²) in [5, 5.41) is 2.23. The molecular weight excluding hydrogens is 148 g/mol. The second-order valence-corrected chi connectivity index (χ2v) is 2.96. The van der Waals surface area contributed by atoms with Crippen LogP contribution in [0.25, 0.3) is 0 Å². The fraction of sp³-hybridized carbons (Fsp3) is 0.900. The van der Waals surface area contributed by atoms with Gasteiger partial charge >= 0.3 is 0 Å². The molecule has 0 radical (unpaired) electrons. The molecule has 0 fully saturated rings. The number of nitrogens with two attached hydrogens (primary N) is 1. The average Bonchev–Trinajstić information content (AvgIpc) is 2.05. The van der Waals surface area contributed by atoms with Crippen molar-refractivity contribution in [1.29, 1.82) is 0 Å². The van der Waals surface area contributed by atoms with E-state index in [2.05, 4.69) is 24.2 Å². The first-order chi connectivity index (χ1) is 4.86. The maximum absolute atomic E-state index is 4.37. The Bertz CT molecular complexity index is 121. The summed E-state index contributed by atoms with van der Waals surface area (Å²) in [7, 11) is 0. The maximum atomic E-state index is 4.37. The third-order valence-corrected chi connectivity index (χ3v) is 2.23. The predicted molar refractivity (Wildman–Crippen MR) is 56.7 cm³/mol. The lowest BCUT2D eigenvalue weighted by molar-refractivity contribution is -0.578. The molecule has 12 heavy (non-hydrogen) atoms. The van der Waals surface area contributed by atoms with E-state index in [9.17, 15) is 0 Å². The highest BCUT2D eigenvalue weighted by molar-refractivity contribution is 5.43. The van der Waals surface area contributed by atoms with E-state index in [0.29, 0.717) is 6.04 Å². The van der Waals surface area contributed by atoms with E-state index in [1.165, 1.54) is 19.3 Å². The third kappa shape index (κ3) is 3.86. The van der Waals surface area contributed by atoms with Gasteiger partial charge < -0.3 is 5.32 Å². The molecule has 0 spiro atoms. The van der Waals surface area contributed by atoms with Crippen molar-refractivity contribution in [1.82, 2.24) is 0 Å². The lowest BCUT2D eigenvalue weighted by atomic mass is 10.0. The van der Waals surface area contributed by atoms with Gasteiger partial charge in [0.05, 0.1) is 12.1 Å². The van der Waals surface area contributed by atoms with Crippen molar-refractivity contribution in [2.24, 2.45) is 4.99 Å². The number of quaternary nitrogens is 1. The van der Waals surface area contributed by atoms with Gasteiger partial charge in [0, 0.05) is 6.42 Å². The second kappa shape index (κ2) is 7.29. The zero-order valence-electron chi connectivity index (χ0n) is 6.88. The molecule has 0 saturated carbocycles. The molecule has 2 heteroatoms. The number of hydrogen-bond acceptors (Lipinski definition) is 1. The van der Waals surface area contributed by atoms with Crippen LogP contribution in [-0.4, -0.2) is 18.4 Å². The van der Waals surface area contributed by atoms with Crippen molar-refractivity contribution in [2.45, 2.75) is 60.0 Å². The van der Waals surface area contributed by atoms with Crippen LogP contribution in [0, 0.1) is 0 Å². The van der Waals surface area contributed by atoms with Crippen LogP contribution in [0.2, 0.25) is 0 Å². The topological polar surface area (TPSA) is 29.0 Å². The predicted octanol–water partition coefficient (Wildman–Crippen LogP) is 1.81. The monoisotopic (exact) mass is 173 g/mol. The fourth-order valence-corrected chi connectivity index (χ4v) is 1.36. The molecule has 0 aromatic carbocycles. The van der Waals surface area contributed by atoms with Crippen molar-refractivity contribution in [3.8, 4) is 0 Å². The molecule has 0 saturated heterocycles. The lowest BCUT2D eigenvalue weighted by Gasteiger charge is -2.19. The van der Waals surface area contributed by atoms with E-state index in [0.717, 1.165) is 6.04 Å². The zero-order valence-corrected chi connectivity index (χ0v) is 6.88. The highest BCUT2D eigenvalue weighted by Crippen LogP contribution is 2.07. The van der Waals surface area contributed by atoms with Gasteiger partial charge in [0.1, 0.15) is 0 Å². The minimum absolute atomic E-state index is 0. The molecule has 2 nitrogen and oxygen atoms in total. The summed E-state index contributed by atoms with van der Waals surface area (Å²) in [6.45, 7) is 4.45. The molecule has 0 aromatic heterocycles. The lowest BCUT2D eigenvalue weighted by Crippen LogP contribution is -2.90. The van der Waals surface area contributed by atoms with Gasteiger partial charge in [-0.1, -0.05) is 28.7 Å². The quantitative estimate of drug-likeness (QED) is 0.660. The van der Waals surface area contributed by atoms with Crippen LogP contribution in [-0.2, 0) is 0 Å². The van der Waals surface area contributed by atoms with E-state index in [4.69, 9.17) is 0 Å². The maximum Gasteiger partial charge on any atom is 0.182 e. The molecule has 1 heterocycles. The molecule has 0 aromatic rings. The summed E-state index contributed by atoms with van der Waals surface area (Å²) in [5.74, 6) is 0. The van der Waals surface area contributed by atoms with Crippen LogP contribution in [0.1, 0.15) is 48.0 Å². The van der Waals surface area contributed by atoms with Gasteiger partial charge in [-0.15, -0.1) is 0 Å². The van der Waals surface area contributed by atoms with Gasteiger partial charge in [0.2, 0.25) is 0 Å². The van der Waals surface area contributed by atoms with Gasteiger partial charge in [-0.05, 0) is 12.8 Å². The number of nitrogens with zero attached hydrogens (tertiary/aromatic N) is 1. The number of aliphatic imine (C=N–C) groups is 1. The van der Waals surface area contributed by atoms with Gasteiger partial charge in [-0.3, -0.25) is 0 Å². The third-order valence-electron chi connectivity index (χ3n) is 2.23. The Balaban J connectivity index is 0. The Kier molecular flexibility index (Phi) is 8.61. The highest BCUT2D eigenvalue weighted by atomic mass is 15.0. The molecule has 2 atom stereocenters. The first-order valence-electron chi connectivity index (χ1n) is 4.23. The Morgan fingerprint density at radius 1 is 1.33 bits per heavy atom. The van der Waals surface area contributed by atoms with Crippen LogP contribution in [0.3, 0.4) is 0 Å². The van der Waals surface area contributed by atoms with Gasteiger partial charge in [0.25, 0.3) is 0 Å². The summed E-state index contributed by atoms with van der Waals surface area (Å²) < 4.78 is 0. The van der Waals surface area contributed by atoms with E-state index in [-0.39, 0.29) is 14.9 Å². The van der Waals surface area contributed by atoms with Gasteiger partial charge in [-0.2, -0.15) is 0 Å². The summed E-state index contributed by atoms with van der Waals surface area (Å²) in [5.41, 5.74) is 0. The molecular formula is C10H25N2+. The van der Waals surface area contributed by atoms with Crippen LogP contribution < -0.4 is 5.32 Å². The molecule has 74 valence electrons. The van der Waals surface area contributed by atoms with E-state index in [1.54, 1.807) is 0 Å². The molecule has 0 aliphatic carbocycles. The molecule has 2 unspecified atom stereocenters. The second-order valence-electron chi connectivity index (χ2n) is 2.96. The molecule has 2 N–H and O–H groups in total. The smallest absolute Gasteiger partial charge is 0.182 e. The fourth-order valence-electron chi connectivity index (χ4n) is 1.36. The van der Waals surface area contributed by atoms with Crippen LogP contribution in [0.4, 0.5) is 0 Å². The minimum atomic E-state index is 0. The van der Waals surface area contributed by atoms with E-state index < -0.39 is 0 Å². The van der Waals surface area contributed by atoms with Crippen molar-refractivity contribution >= 4 is 6.34 Å². The molecule has 0 bridgehead atoms. The molecule has 1 aliphatic rings. The Morgan fingerprint density at radius 3 is 2.50 bits per heavy atom. The molecule has 1 aliphatic heterocycles. The Labute approximate surface area is 77.5 Å². The van der Waals surface area contributed by atoms with Gasteiger partial charge in [-0.25, -0.2) is 4.99 Å². The van der Waals surface area contributed by atoms with Crippen molar-refractivity contribution < 1.29 is 5.32 Å². The first-order valence-corrected chi connectivity index (χ1v) is 4.23.